The first kappa shape index (κ1) is 15.4. The highest BCUT2D eigenvalue weighted by molar-refractivity contribution is 7.20. The van der Waals surface area contributed by atoms with Gasteiger partial charge in [-0.1, -0.05) is 19.4 Å². The maximum absolute atomic E-state index is 13.1. The molecule has 21 heavy (non-hydrogen) atoms. The van der Waals surface area contributed by atoms with Crippen LogP contribution in [0.25, 0.3) is 10.1 Å². The van der Waals surface area contributed by atoms with Gasteiger partial charge in [-0.15, -0.1) is 11.3 Å². The van der Waals surface area contributed by atoms with Gasteiger partial charge in [0.1, 0.15) is 5.82 Å². The molecule has 1 amide bonds. The second-order valence-electron chi connectivity index (χ2n) is 4.87. The summed E-state index contributed by atoms with van der Waals surface area (Å²) >= 11 is 1.22. The third-order valence-electron chi connectivity index (χ3n) is 3.30. The molecule has 2 rings (SSSR count). The molecule has 6 heteroatoms. The number of hydrogen-bond acceptors (Lipinski definition) is 3. The summed E-state index contributed by atoms with van der Waals surface area (Å²) in [5.41, 5.74) is 0. The van der Waals surface area contributed by atoms with Crippen LogP contribution < -0.4 is 5.32 Å². The van der Waals surface area contributed by atoms with Gasteiger partial charge in [0.25, 0.3) is 5.91 Å². The molecule has 1 heterocycles. The molecule has 112 valence electrons. The SMILES string of the molecule is CCC(CNC(=O)c1cc2ccc(F)cc2s1)CC(=O)O. The van der Waals surface area contributed by atoms with E-state index in [2.05, 4.69) is 5.32 Å². The molecule has 0 aliphatic carbocycles. The number of amides is 1. The molecular formula is C15H16FNO3S. The fraction of sp³-hybridized carbons (Fsp3) is 0.333. The monoisotopic (exact) mass is 309 g/mol. The molecule has 0 bridgehead atoms. The van der Waals surface area contributed by atoms with Gasteiger partial charge < -0.3 is 10.4 Å². The van der Waals surface area contributed by atoms with E-state index in [9.17, 15) is 14.0 Å². The Hall–Kier alpha value is -1.95. The van der Waals surface area contributed by atoms with Crippen molar-refractivity contribution in [2.24, 2.45) is 5.92 Å². The van der Waals surface area contributed by atoms with Crippen LogP contribution in [0.15, 0.2) is 24.3 Å². The van der Waals surface area contributed by atoms with E-state index in [4.69, 9.17) is 5.11 Å². The molecule has 1 aromatic carbocycles. The number of carboxylic acid groups (broad SMARTS) is 1. The summed E-state index contributed by atoms with van der Waals surface area (Å²) in [5.74, 6) is -1.53. The van der Waals surface area contributed by atoms with Crippen LogP contribution in [-0.2, 0) is 4.79 Å². The van der Waals surface area contributed by atoms with E-state index in [1.165, 1.54) is 23.5 Å². The quantitative estimate of drug-likeness (QED) is 0.860. The van der Waals surface area contributed by atoms with Crippen LogP contribution in [0.5, 0.6) is 0 Å². The standard InChI is InChI=1S/C15H16FNO3S/c1-2-9(5-14(18)19)8-17-15(20)13-6-10-3-4-11(16)7-12(10)21-13/h3-4,6-7,9H,2,5,8H2,1H3,(H,17,20)(H,18,19). The molecule has 2 aromatic rings. The molecular weight excluding hydrogens is 293 g/mol. The molecule has 0 radical (unpaired) electrons. The molecule has 0 saturated carbocycles. The molecule has 4 nitrogen and oxygen atoms in total. The van der Waals surface area contributed by atoms with Crippen LogP contribution in [0.3, 0.4) is 0 Å². The van der Waals surface area contributed by atoms with Crippen molar-refractivity contribution in [3.63, 3.8) is 0 Å². The number of halogens is 1. The van der Waals surface area contributed by atoms with Crippen molar-refractivity contribution >= 4 is 33.3 Å². The van der Waals surface area contributed by atoms with Gasteiger partial charge in [-0.3, -0.25) is 9.59 Å². The number of rotatable bonds is 6. The first-order valence-corrected chi connectivity index (χ1v) is 7.50. The zero-order valence-electron chi connectivity index (χ0n) is 11.6. The predicted octanol–water partition coefficient (Wildman–Crippen LogP) is 3.27. The van der Waals surface area contributed by atoms with Crippen molar-refractivity contribution in [2.45, 2.75) is 19.8 Å². The average Bonchev–Trinajstić information content (AvgIpc) is 2.85. The number of carbonyl (C=O) groups is 2. The Balaban J connectivity index is 2.03. The summed E-state index contributed by atoms with van der Waals surface area (Å²) in [5, 5.41) is 12.3. The van der Waals surface area contributed by atoms with Gasteiger partial charge in [-0.05, 0) is 29.5 Å². The predicted molar refractivity (Wildman–Crippen MR) is 80.2 cm³/mol. The normalized spacial score (nSPS) is 12.3. The van der Waals surface area contributed by atoms with Crippen molar-refractivity contribution < 1.29 is 19.1 Å². The van der Waals surface area contributed by atoms with E-state index in [1.807, 2.05) is 6.92 Å². The summed E-state index contributed by atoms with van der Waals surface area (Å²) in [6.45, 7) is 2.21. The van der Waals surface area contributed by atoms with Gasteiger partial charge >= 0.3 is 5.97 Å². The van der Waals surface area contributed by atoms with Crippen molar-refractivity contribution in [1.82, 2.24) is 5.32 Å². The van der Waals surface area contributed by atoms with Crippen LogP contribution in [0.1, 0.15) is 29.4 Å². The van der Waals surface area contributed by atoms with Gasteiger partial charge in [0.15, 0.2) is 0 Å². The summed E-state index contributed by atoms with van der Waals surface area (Å²) < 4.78 is 13.8. The highest BCUT2D eigenvalue weighted by atomic mass is 32.1. The van der Waals surface area contributed by atoms with E-state index in [1.54, 1.807) is 12.1 Å². The largest absolute Gasteiger partial charge is 0.481 e. The number of carbonyl (C=O) groups excluding carboxylic acids is 1. The third kappa shape index (κ3) is 4.01. The first-order valence-electron chi connectivity index (χ1n) is 6.68. The van der Waals surface area contributed by atoms with Gasteiger partial charge in [0, 0.05) is 17.7 Å². The summed E-state index contributed by atoms with van der Waals surface area (Å²) in [4.78, 5) is 23.3. The minimum Gasteiger partial charge on any atom is -0.481 e. The van der Waals surface area contributed by atoms with Crippen LogP contribution in [-0.4, -0.2) is 23.5 Å². The Bertz CT molecular complexity index is 668. The maximum atomic E-state index is 13.1. The number of benzene rings is 1. The molecule has 0 aliphatic heterocycles. The molecule has 0 fully saturated rings. The fourth-order valence-electron chi connectivity index (χ4n) is 2.05. The molecule has 0 saturated heterocycles. The Labute approximate surface area is 125 Å². The first-order chi connectivity index (χ1) is 9.99. The lowest BCUT2D eigenvalue weighted by Crippen LogP contribution is -2.29. The van der Waals surface area contributed by atoms with Crippen molar-refractivity contribution in [3.05, 3.63) is 35.0 Å². The number of hydrogen-bond donors (Lipinski definition) is 2. The maximum Gasteiger partial charge on any atom is 0.303 e. The van der Waals surface area contributed by atoms with Crippen LogP contribution >= 0.6 is 11.3 Å². The molecule has 2 N–H and O–H groups in total. The summed E-state index contributed by atoms with van der Waals surface area (Å²) in [6, 6.07) is 6.11. The van der Waals surface area contributed by atoms with Gasteiger partial charge in [-0.25, -0.2) is 4.39 Å². The molecule has 1 aromatic heterocycles. The molecule has 0 spiro atoms. The highest BCUT2D eigenvalue weighted by Crippen LogP contribution is 2.26. The summed E-state index contributed by atoms with van der Waals surface area (Å²) in [6.07, 6.45) is 0.721. The average molecular weight is 309 g/mol. The Morgan fingerprint density at radius 2 is 2.14 bits per heavy atom. The number of aliphatic carboxylic acids is 1. The fourth-order valence-corrected chi connectivity index (χ4v) is 3.05. The smallest absolute Gasteiger partial charge is 0.303 e. The number of fused-ring (bicyclic) bond motifs is 1. The van der Waals surface area contributed by atoms with Crippen molar-refractivity contribution in [1.29, 1.82) is 0 Å². The zero-order chi connectivity index (χ0) is 15.4. The number of carboxylic acids is 1. The highest BCUT2D eigenvalue weighted by Gasteiger charge is 2.15. The Morgan fingerprint density at radius 1 is 1.38 bits per heavy atom. The summed E-state index contributed by atoms with van der Waals surface area (Å²) in [7, 11) is 0. The van der Waals surface area contributed by atoms with E-state index >= 15 is 0 Å². The van der Waals surface area contributed by atoms with Gasteiger partial charge in [0.2, 0.25) is 0 Å². The van der Waals surface area contributed by atoms with E-state index in [-0.39, 0.29) is 24.1 Å². The Morgan fingerprint density at radius 3 is 2.81 bits per heavy atom. The van der Waals surface area contributed by atoms with Crippen LogP contribution in [0.4, 0.5) is 4.39 Å². The topological polar surface area (TPSA) is 66.4 Å². The molecule has 1 unspecified atom stereocenters. The number of nitrogens with one attached hydrogen (secondary N) is 1. The lowest BCUT2D eigenvalue weighted by Gasteiger charge is -2.12. The number of thiophene rings is 1. The lowest BCUT2D eigenvalue weighted by molar-refractivity contribution is -0.138. The van der Waals surface area contributed by atoms with Crippen LogP contribution in [0, 0.1) is 11.7 Å². The molecule has 1 atom stereocenters. The van der Waals surface area contributed by atoms with Crippen molar-refractivity contribution in [2.75, 3.05) is 6.54 Å². The van der Waals surface area contributed by atoms with E-state index < -0.39 is 5.97 Å². The Kier molecular flexibility index (Phi) is 4.90. The second-order valence-corrected chi connectivity index (χ2v) is 5.96. The van der Waals surface area contributed by atoms with E-state index in [0.29, 0.717) is 17.8 Å². The third-order valence-corrected chi connectivity index (χ3v) is 4.39. The second kappa shape index (κ2) is 6.67. The minimum atomic E-state index is -0.867. The van der Waals surface area contributed by atoms with E-state index in [0.717, 1.165) is 10.1 Å². The van der Waals surface area contributed by atoms with Crippen LogP contribution in [0.2, 0.25) is 0 Å². The van der Waals surface area contributed by atoms with Gasteiger partial charge in [-0.2, -0.15) is 0 Å². The lowest BCUT2D eigenvalue weighted by atomic mass is 10.0. The van der Waals surface area contributed by atoms with Gasteiger partial charge in [0.05, 0.1) is 4.88 Å². The van der Waals surface area contributed by atoms with Crippen molar-refractivity contribution in [3.8, 4) is 0 Å². The zero-order valence-corrected chi connectivity index (χ0v) is 12.4. The minimum absolute atomic E-state index is 0.0361. The molecule has 0 aliphatic rings.